The predicted octanol–water partition coefficient (Wildman–Crippen LogP) is 5.81. The summed E-state index contributed by atoms with van der Waals surface area (Å²) in [5, 5.41) is 28.2. The van der Waals surface area contributed by atoms with Crippen molar-refractivity contribution in [2.45, 2.75) is 56.5 Å². The van der Waals surface area contributed by atoms with Gasteiger partial charge >= 0.3 is 0 Å². The molecule has 3 aromatic carbocycles. The maximum Gasteiger partial charge on any atom is 0.0685 e. The van der Waals surface area contributed by atoms with Crippen LogP contribution in [0, 0.1) is 6.92 Å². The molecule has 0 radical (unpaired) electrons. The van der Waals surface area contributed by atoms with Gasteiger partial charge in [0.15, 0.2) is 0 Å². The van der Waals surface area contributed by atoms with Crippen molar-refractivity contribution in [2.75, 3.05) is 6.61 Å². The summed E-state index contributed by atoms with van der Waals surface area (Å²) in [5.41, 5.74) is 7.69. The first kappa shape index (κ1) is 23.6. The molecule has 1 atom stereocenters. The van der Waals surface area contributed by atoms with Crippen LogP contribution < -0.4 is 0 Å². The van der Waals surface area contributed by atoms with Gasteiger partial charge in [-0.1, -0.05) is 55.5 Å². The second-order valence-corrected chi connectivity index (χ2v) is 8.98. The third-order valence-corrected chi connectivity index (χ3v) is 6.92. The molecule has 0 heterocycles. The van der Waals surface area contributed by atoms with Crippen LogP contribution in [0.15, 0.2) is 65.6 Å². The van der Waals surface area contributed by atoms with Crippen molar-refractivity contribution >= 4 is 11.8 Å². The van der Waals surface area contributed by atoms with Crippen molar-refractivity contribution in [2.24, 2.45) is 0 Å². The minimum Gasteiger partial charge on any atom is -0.396 e. The molecule has 0 amide bonds. The van der Waals surface area contributed by atoms with Crippen molar-refractivity contribution in [1.82, 2.24) is 0 Å². The van der Waals surface area contributed by atoms with E-state index in [0.29, 0.717) is 5.92 Å². The minimum absolute atomic E-state index is 0.0531. The summed E-state index contributed by atoms with van der Waals surface area (Å²) in [6.45, 7) is 4.44. The molecule has 3 rings (SSSR count). The molecule has 0 bridgehead atoms. The Morgan fingerprint density at radius 2 is 1.68 bits per heavy atom. The molecular formula is C27H32O3S. The zero-order valence-electron chi connectivity index (χ0n) is 18.3. The van der Waals surface area contributed by atoms with E-state index in [1.54, 1.807) is 11.8 Å². The maximum absolute atomic E-state index is 9.52. The third kappa shape index (κ3) is 5.98. The van der Waals surface area contributed by atoms with Gasteiger partial charge in [-0.2, -0.15) is 0 Å². The highest BCUT2D eigenvalue weighted by atomic mass is 32.2. The third-order valence-electron chi connectivity index (χ3n) is 5.85. The van der Waals surface area contributed by atoms with Gasteiger partial charge in [-0.25, -0.2) is 0 Å². The summed E-state index contributed by atoms with van der Waals surface area (Å²) >= 11 is 1.77. The second-order valence-electron chi connectivity index (χ2n) is 7.93. The van der Waals surface area contributed by atoms with Gasteiger partial charge in [-0.15, -0.1) is 11.8 Å². The summed E-state index contributed by atoms with van der Waals surface area (Å²) < 4.78 is 0. The van der Waals surface area contributed by atoms with Crippen LogP contribution in [0.5, 0.6) is 0 Å². The Kier molecular flexibility index (Phi) is 8.73. The van der Waals surface area contributed by atoms with Gasteiger partial charge in [0.2, 0.25) is 0 Å². The summed E-state index contributed by atoms with van der Waals surface area (Å²) in [7, 11) is 0. The first-order chi connectivity index (χ1) is 15.1. The molecule has 0 aliphatic heterocycles. The molecule has 31 heavy (non-hydrogen) atoms. The fourth-order valence-corrected chi connectivity index (χ4v) is 4.92. The molecule has 4 heteroatoms. The Morgan fingerprint density at radius 3 is 2.35 bits per heavy atom. The van der Waals surface area contributed by atoms with Crippen molar-refractivity contribution in [3.63, 3.8) is 0 Å². The molecular weight excluding hydrogens is 404 g/mol. The van der Waals surface area contributed by atoms with E-state index in [1.165, 1.54) is 27.1 Å². The first-order valence-electron chi connectivity index (χ1n) is 10.9. The average Bonchev–Trinajstić information content (AvgIpc) is 2.81. The largest absolute Gasteiger partial charge is 0.396 e. The van der Waals surface area contributed by atoms with Crippen LogP contribution in [-0.4, -0.2) is 21.9 Å². The smallest absolute Gasteiger partial charge is 0.0685 e. The molecule has 0 aromatic heterocycles. The lowest BCUT2D eigenvalue weighted by Gasteiger charge is -2.16. The van der Waals surface area contributed by atoms with Gasteiger partial charge in [0.1, 0.15) is 0 Å². The number of thioether (sulfide) groups is 1. The lowest BCUT2D eigenvalue weighted by molar-refractivity contribution is 0.260. The Bertz CT molecular complexity index is 1000. The summed E-state index contributed by atoms with van der Waals surface area (Å²) in [6.07, 6.45) is 1.83. The minimum atomic E-state index is -0.0592. The van der Waals surface area contributed by atoms with E-state index in [9.17, 15) is 15.3 Å². The number of rotatable bonds is 10. The Morgan fingerprint density at radius 1 is 0.871 bits per heavy atom. The SMILES string of the molecule is CCC(CCO)c1ccc(-c2cccc(SCc3ccc(CO)c(CO)c3)c2)c(C)c1. The normalized spacial score (nSPS) is 12.2. The maximum atomic E-state index is 9.52. The molecule has 3 nitrogen and oxygen atoms in total. The quantitative estimate of drug-likeness (QED) is 0.351. The molecule has 1 unspecified atom stereocenters. The van der Waals surface area contributed by atoms with Gasteiger partial charge < -0.3 is 15.3 Å². The van der Waals surface area contributed by atoms with Crippen molar-refractivity contribution < 1.29 is 15.3 Å². The van der Waals surface area contributed by atoms with Gasteiger partial charge in [0, 0.05) is 17.3 Å². The van der Waals surface area contributed by atoms with Crippen LogP contribution in [-0.2, 0) is 19.0 Å². The highest BCUT2D eigenvalue weighted by molar-refractivity contribution is 7.98. The van der Waals surface area contributed by atoms with Crippen molar-refractivity contribution in [3.8, 4) is 11.1 Å². The number of benzene rings is 3. The molecule has 164 valence electrons. The van der Waals surface area contributed by atoms with E-state index >= 15 is 0 Å². The average molecular weight is 437 g/mol. The molecule has 0 aliphatic rings. The lowest BCUT2D eigenvalue weighted by atomic mass is 9.89. The molecule has 0 spiro atoms. The Hall–Kier alpha value is -2.11. The Labute approximate surface area is 189 Å². The van der Waals surface area contributed by atoms with Crippen LogP contribution in [0.2, 0.25) is 0 Å². The van der Waals surface area contributed by atoms with Gasteiger partial charge in [-0.05, 0) is 76.8 Å². The van der Waals surface area contributed by atoms with Gasteiger partial charge in [0.05, 0.1) is 13.2 Å². The standard InChI is InChI=1S/C27H32O3S/c1-3-21(11-12-28)22-9-10-27(19(2)13-22)23-5-4-6-26(15-23)31-18-20-7-8-24(16-29)25(14-20)17-30/h4-10,13-15,21,28-30H,3,11-12,16-18H2,1-2H3. The lowest BCUT2D eigenvalue weighted by Crippen LogP contribution is -2.01. The summed E-state index contributed by atoms with van der Waals surface area (Å²) in [5.74, 6) is 1.21. The molecule has 0 fully saturated rings. The highest BCUT2D eigenvalue weighted by Crippen LogP contribution is 2.32. The van der Waals surface area contributed by atoms with E-state index in [4.69, 9.17) is 0 Å². The topological polar surface area (TPSA) is 60.7 Å². The van der Waals surface area contributed by atoms with Crippen LogP contribution in [0.4, 0.5) is 0 Å². The molecule has 3 aromatic rings. The van der Waals surface area contributed by atoms with Gasteiger partial charge in [0.25, 0.3) is 0 Å². The zero-order valence-corrected chi connectivity index (χ0v) is 19.2. The number of hydrogen-bond donors (Lipinski definition) is 3. The number of aryl methyl sites for hydroxylation is 1. The molecule has 3 N–H and O–H groups in total. The van der Waals surface area contributed by atoms with E-state index in [0.717, 1.165) is 35.3 Å². The summed E-state index contributed by atoms with van der Waals surface area (Å²) in [4.78, 5) is 1.20. The van der Waals surface area contributed by atoms with Crippen LogP contribution in [0.25, 0.3) is 11.1 Å². The zero-order chi connectivity index (χ0) is 22.2. The first-order valence-corrected chi connectivity index (χ1v) is 11.8. The molecule has 0 saturated heterocycles. The number of aliphatic hydroxyl groups excluding tert-OH is 3. The van der Waals surface area contributed by atoms with Crippen molar-refractivity contribution in [3.05, 3.63) is 88.5 Å². The van der Waals surface area contributed by atoms with Crippen LogP contribution in [0.1, 0.15) is 53.5 Å². The number of hydrogen-bond acceptors (Lipinski definition) is 4. The molecule has 0 saturated carbocycles. The van der Waals surface area contributed by atoms with Crippen LogP contribution in [0.3, 0.4) is 0 Å². The second kappa shape index (κ2) is 11.5. The van der Waals surface area contributed by atoms with E-state index in [-0.39, 0.29) is 19.8 Å². The van der Waals surface area contributed by atoms with E-state index < -0.39 is 0 Å². The van der Waals surface area contributed by atoms with E-state index in [1.807, 2.05) is 18.2 Å². The molecule has 0 aliphatic carbocycles. The van der Waals surface area contributed by atoms with Crippen LogP contribution >= 0.6 is 11.8 Å². The predicted molar refractivity (Wildman–Crippen MR) is 129 cm³/mol. The fraction of sp³-hybridized carbons (Fsp3) is 0.333. The van der Waals surface area contributed by atoms with Gasteiger partial charge in [-0.3, -0.25) is 0 Å². The summed E-state index contributed by atoms with van der Waals surface area (Å²) in [6, 6.07) is 21.1. The van der Waals surface area contributed by atoms with Crippen molar-refractivity contribution in [1.29, 1.82) is 0 Å². The highest BCUT2D eigenvalue weighted by Gasteiger charge is 2.11. The fourth-order valence-electron chi connectivity index (χ4n) is 4.02. The Balaban J connectivity index is 1.76. The number of aliphatic hydroxyl groups is 3. The monoisotopic (exact) mass is 436 g/mol. The van der Waals surface area contributed by atoms with E-state index in [2.05, 4.69) is 56.3 Å².